The predicted molar refractivity (Wildman–Crippen MR) is 69.9 cm³/mol. The van der Waals surface area contributed by atoms with Crippen LogP contribution in [-0.4, -0.2) is 6.41 Å². The molecule has 17 heavy (non-hydrogen) atoms. The Kier molecular flexibility index (Phi) is 2.96. The molecule has 2 aromatic carbocycles. The summed E-state index contributed by atoms with van der Waals surface area (Å²) in [6, 6.07) is 14.5. The van der Waals surface area contributed by atoms with Gasteiger partial charge in [-0.05, 0) is 24.3 Å². The van der Waals surface area contributed by atoms with E-state index in [1.165, 1.54) is 4.90 Å². The third-order valence-electron chi connectivity index (χ3n) is 2.52. The van der Waals surface area contributed by atoms with Gasteiger partial charge in [0.05, 0.1) is 17.1 Å². The number of hydrogen-bond acceptors (Lipinski definition) is 3. The summed E-state index contributed by atoms with van der Waals surface area (Å²) >= 11 is 0. The molecule has 0 saturated carbocycles. The minimum absolute atomic E-state index is 0.406. The molecule has 0 heterocycles. The number of benzene rings is 2. The zero-order valence-corrected chi connectivity index (χ0v) is 9.21. The third-order valence-corrected chi connectivity index (χ3v) is 2.52. The van der Waals surface area contributed by atoms with Gasteiger partial charge in [0.1, 0.15) is 0 Å². The average Bonchev–Trinajstić information content (AvgIpc) is 2.37. The molecule has 0 fully saturated rings. The molecule has 0 atom stereocenters. The van der Waals surface area contributed by atoms with Crippen molar-refractivity contribution in [2.75, 3.05) is 16.4 Å². The van der Waals surface area contributed by atoms with E-state index in [-0.39, 0.29) is 0 Å². The number of carbonyl (C=O) groups is 1. The molecule has 0 bridgehead atoms. The summed E-state index contributed by atoms with van der Waals surface area (Å²) in [7, 11) is 0. The Labute approximate surface area is 99.5 Å². The lowest BCUT2D eigenvalue weighted by molar-refractivity contribution is -0.106. The van der Waals surface area contributed by atoms with E-state index >= 15 is 0 Å². The van der Waals surface area contributed by atoms with Gasteiger partial charge in [-0.1, -0.05) is 24.3 Å². The first-order chi connectivity index (χ1) is 8.24. The zero-order valence-electron chi connectivity index (χ0n) is 9.21. The molecule has 0 aromatic heterocycles. The largest absolute Gasteiger partial charge is 0.397 e. The maximum absolute atomic E-state index is 11.2. The van der Waals surface area contributed by atoms with Gasteiger partial charge in [0.25, 0.3) is 0 Å². The summed E-state index contributed by atoms with van der Waals surface area (Å²) in [4.78, 5) is 12.7. The van der Waals surface area contributed by atoms with Gasteiger partial charge in [-0.2, -0.15) is 0 Å². The fourth-order valence-corrected chi connectivity index (χ4v) is 1.63. The van der Waals surface area contributed by atoms with Crippen molar-refractivity contribution >= 4 is 29.2 Å². The number of anilines is 4. The van der Waals surface area contributed by atoms with Crippen LogP contribution in [0.1, 0.15) is 0 Å². The topological polar surface area (TPSA) is 72.3 Å². The van der Waals surface area contributed by atoms with Crippen LogP contribution in [0.4, 0.5) is 22.7 Å². The molecule has 4 heteroatoms. The van der Waals surface area contributed by atoms with E-state index in [2.05, 4.69) is 0 Å². The van der Waals surface area contributed by atoms with Crippen molar-refractivity contribution in [3.63, 3.8) is 0 Å². The molecule has 0 aliphatic rings. The minimum atomic E-state index is 0.406. The van der Waals surface area contributed by atoms with Crippen LogP contribution in [-0.2, 0) is 4.79 Å². The van der Waals surface area contributed by atoms with E-state index in [4.69, 9.17) is 11.5 Å². The van der Waals surface area contributed by atoms with Crippen molar-refractivity contribution < 1.29 is 4.79 Å². The summed E-state index contributed by atoms with van der Waals surface area (Å²) in [5.74, 6) is 0. The first kappa shape index (κ1) is 11.0. The normalized spacial score (nSPS) is 9.88. The van der Waals surface area contributed by atoms with Crippen molar-refractivity contribution in [1.29, 1.82) is 0 Å². The molecule has 2 rings (SSSR count). The Morgan fingerprint density at radius 3 is 2.29 bits per heavy atom. The van der Waals surface area contributed by atoms with Crippen LogP contribution >= 0.6 is 0 Å². The van der Waals surface area contributed by atoms with Crippen LogP contribution in [0.3, 0.4) is 0 Å². The van der Waals surface area contributed by atoms with E-state index in [0.29, 0.717) is 17.1 Å². The van der Waals surface area contributed by atoms with E-state index in [1.54, 1.807) is 18.2 Å². The fourth-order valence-electron chi connectivity index (χ4n) is 1.63. The summed E-state index contributed by atoms with van der Waals surface area (Å²) in [6.07, 6.45) is 0.723. The molecule has 0 spiro atoms. The van der Waals surface area contributed by atoms with Gasteiger partial charge in [0.2, 0.25) is 6.41 Å². The maximum Gasteiger partial charge on any atom is 0.218 e. The Morgan fingerprint density at radius 1 is 0.941 bits per heavy atom. The quantitative estimate of drug-likeness (QED) is 0.623. The highest BCUT2D eigenvalue weighted by molar-refractivity contribution is 5.94. The molecule has 1 amide bonds. The Bertz CT molecular complexity index is 525. The second kappa shape index (κ2) is 4.57. The lowest BCUT2D eigenvalue weighted by Crippen LogP contribution is -2.16. The van der Waals surface area contributed by atoms with Crippen LogP contribution in [0.5, 0.6) is 0 Å². The molecule has 0 saturated heterocycles. The average molecular weight is 227 g/mol. The van der Waals surface area contributed by atoms with Crippen LogP contribution in [0.2, 0.25) is 0 Å². The molecule has 4 N–H and O–H groups in total. The molecule has 0 unspecified atom stereocenters. The molecular formula is C13H13N3O. The molecule has 86 valence electrons. The van der Waals surface area contributed by atoms with Crippen LogP contribution in [0.15, 0.2) is 48.5 Å². The fraction of sp³-hybridized carbons (Fsp3) is 0. The van der Waals surface area contributed by atoms with E-state index in [9.17, 15) is 4.79 Å². The lowest BCUT2D eigenvalue weighted by Gasteiger charge is -2.20. The van der Waals surface area contributed by atoms with Crippen molar-refractivity contribution in [2.24, 2.45) is 0 Å². The predicted octanol–water partition coefficient (Wildman–Crippen LogP) is 2.15. The minimum Gasteiger partial charge on any atom is -0.397 e. The van der Waals surface area contributed by atoms with Crippen molar-refractivity contribution in [2.45, 2.75) is 0 Å². The monoisotopic (exact) mass is 227 g/mol. The van der Waals surface area contributed by atoms with Gasteiger partial charge in [-0.15, -0.1) is 0 Å². The number of rotatable bonds is 3. The second-order valence-corrected chi connectivity index (χ2v) is 3.59. The highest BCUT2D eigenvalue weighted by Gasteiger charge is 2.12. The van der Waals surface area contributed by atoms with Crippen molar-refractivity contribution in [1.82, 2.24) is 0 Å². The third kappa shape index (κ3) is 2.06. The molecular weight excluding hydrogens is 214 g/mol. The number of amides is 1. The lowest BCUT2D eigenvalue weighted by atomic mass is 10.2. The summed E-state index contributed by atoms with van der Waals surface area (Å²) in [6.45, 7) is 0. The molecule has 2 aromatic rings. The Hall–Kier alpha value is -2.49. The van der Waals surface area contributed by atoms with Crippen LogP contribution in [0.25, 0.3) is 0 Å². The zero-order chi connectivity index (χ0) is 12.3. The van der Waals surface area contributed by atoms with Gasteiger partial charge in [-0.25, -0.2) is 0 Å². The Morgan fingerprint density at radius 2 is 1.65 bits per heavy atom. The van der Waals surface area contributed by atoms with Crippen molar-refractivity contribution in [3.8, 4) is 0 Å². The number of nitrogens with zero attached hydrogens (tertiary/aromatic N) is 1. The molecule has 4 nitrogen and oxygen atoms in total. The number of carbonyl (C=O) groups excluding carboxylic acids is 1. The van der Waals surface area contributed by atoms with Gasteiger partial charge < -0.3 is 11.5 Å². The van der Waals surface area contributed by atoms with Gasteiger partial charge in [-0.3, -0.25) is 9.69 Å². The van der Waals surface area contributed by atoms with Gasteiger partial charge in [0, 0.05) is 5.69 Å². The standard InChI is InChI=1S/C13H13N3O/c14-11-7-4-8-12(13(11)15)16(9-17)10-5-2-1-3-6-10/h1-9H,14-15H2. The molecule has 0 aliphatic heterocycles. The van der Waals surface area contributed by atoms with Crippen LogP contribution < -0.4 is 16.4 Å². The molecule has 0 radical (unpaired) electrons. The van der Waals surface area contributed by atoms with Crippen LogP contribution in [0, 0.1) is 0 Å². The van der Waals surface area contributed by atoms with E-state index in [1.807, 2.05) is 30.3 Å². The highest BCUT2D eigenvalue weighted by Crippen LogP contribution is 2.32. The highest BCUT2D eigenvalue weighted by atomic mass is 16.1. The molecule has 0 aliphatic carbocycles. The van der Waals surface area contributed by atoms with E-state index < -0.39 is 0 Å². The number of para-hydroxylation sites is 2. The number of hydrogen-bond donors (Lipinski definition) is 2. The Balaban J connectivity index is 2.50. The van der Waals surface area contributed by atoms with E-state index in [0.717, 1.165) is 12.1 Å². The maximum atomic E-state index is 11.2. The number of nitrogens with two attached hydrogens (primary N) is 2. The van der Waals surface area contributed by atoms with Gasteiger partial charge >= 0.3 is 0 Å². The smallest absolute Gasteiger partial charge is 0.218 e. The summed E-state index contributed by atoms with van der Waals surface area (Å²) in [5, 5.41) is 0. The summed E-state index contributed by atoms with van der Waals surface area (Å²) < 4.78 is 0. The summed E-state index contributed by atoms with van der Waals surface area (Å²) in [5.41, 5.74) is 13.8. The first-order valence-corrected chi connectivity index (χ1v) is 5.17. The van der Waals surface area contributed by atoms with Gasteiger partial charge in [0.15, 0.2) is 0 Å². The SMILES string of the molecule is Nc1cccc(N(C=O)c2ccccc2)c1N. The first-order valence-electron chi connectivity index (χ1n) is 5.17. The second-order valence-electron chi connectivity index (χ2n) is 3.59. The number of nitrogen functional groups attached to an aromatic ring is 2. The van der Waals surface area contributed by atoms with Crippen molar-refractivity contribution in [3.05, 3.63) is 48.5 Å².